The Morgan fingerprint density at radius 2 is 1.81 bits per heavy atom. The molecule has 1 aromatic carbocycles. The molecule has 0 saturated heterocycles. The molecule has 7 nitrogen and oxygen atoms in total. The average Bonchev–Trinajstić information content (AvgIpc) is 3.08. The molecule has 2 amide bonds. The van der Waals surface area contributed by atoms with Gasteiger partial charge in [-0.2, -0.15) is 5.10 Å². The summed E-state index contributed by atoms with van der Waals surface area (Å²) >= 11 is 0. The van der Waals surface area contributed by atoms with Crippen molar-refractivity contribution in [3.63, 3.8) is 0 Å². The fourth-order valence-electron chi connectivity index (χ4n) is 3.34. The van der Waals surface area contributed by atoms with Crippen molar-refractivity contribution >= 4 is 11.8 Å². The highest BCUT2D eigenvalue weighted by molar-refractivity contribution is 5.88. The zero-order valence-corrected chi connectivity index (χ0v) is 18.4. The first kappa shape index (κ1) is 22.2. The summed E-state index contributed by atoms with van der Waals surface area (Å²) in [6.07, 6.45) is 2.09. The maximum Gasteiger partial charge on any atom is 0.247 e. The summed E-state index contributed by atoms with van der Waals surface area (Å²) in [7, 11) is 0. The lowest BCUT2D eigenvalue weighted by atomic mass is 10.0. The van der Waals surface area contributed by atoms with Gasteiger partial charge >= 0.3 is 0 Å². The van der Waals surface area contributed by atoms with Gasteiger partial charge in [-0.05, 0) is 43.0 Å². The van der Waals surface area contributed by atoms with Crippen LogP contribution < -0.4 is 10.6 Å². The van der Waals surface area contributed by atoms with Crippen molar-refractivity contribution in [3.05, 3.63) is 77.2 Å². The fourth-order valence-corrected chi connectivity index (χ4v) is 3.34. The molecule has 2 aromatic heterocycles. The van der Waals surface area contributed by atoms with Crippen molar-refractivity contribution in [2.45, 2.75) is 46.7 Å². The van der Waals surface area contributed by atoms with Gasteiger partial charge in [0.2, 0.25) is 11.8 Å². The van der Waals surface area contributed by atoms with Crippen LogP contribution >= 0.6 is 0 Å². The molecule has 2 N–H and O–H groups in total. The molecule has 3 aromatic rings. The quantitative estimate of drug-likeness (QED) is 0.586. The Balaban J connectivity index is 1.67. The molecule has 0 radical (unpaired) electrons. The second-order valence-electron chi connectivity index (χ2n) is 8.09. The van der Waals surface area contributed by atoms with Crippen LogP contribution in [-0.4, -0.2) is 26.6 Å². The molecule has 31 heavy (non-hydrogen) atoms. The predicted molar refractivity (Wildman–Crippen MR) is 119 cm³/mol. The van der Waals surface area contributed by atoms with Gasteiger partial charge in [0.25, 0.3) is 0 Å². The molecule has 7 heteroatoms. The molecule has 3 rings (SSSR count). The van der Waals surface area contributed by atoms with Crippen LogP contribution in [0.15, 0.2) is 54.7 Å². The molecule has 0 aliphatic heterocycles. The lowest BCUT2D eigenvalue weighted by Gasteiger charge is -2.19. The Morgan fingerprint density at radius 1 is 1.06 bits per heavy atom. The van der Waals surface area contributed by atoms with Crippen LogP contribution in [0.1, 0.15) is 48.8 Å². The molecule has 1 unspecified atom stereocenters. The number of carbonyl (C=O) groups excluding carboxylic acids is 2. The third kappa shape index (κ3) is 6.01. The highest BCUT2D eigenvalue weighted by Gasteiger charge is 2.22. The van der Waals surface area contributed by atoms with Crippen molar-refractivity contribution in [1.29, 1.82) is 0 Å². The summed E-state index contributed by atoms with van der Waals surface area (Å²) in [6.45, 7) is 8.18. The normalized spacial score (nSPS) is 11.9. The lowest BCUT2D eigenvalue weighted by molar-refractivity contribution is -0.129. The van der Waals surface area contributed by atoms with E-state index >= 15 is 0 Å². The molecular formula is C24H29N5O2. The van der Waals surface area contributed by atoms with Crippen LogP contribution in [0.2, 0.25) is 0 Å². The highest BCUT2D eigenvalue weighted by Crippen LogP contribution is 2.15. The van der Waals surface area contributed by atoms with Gasteiger partial charge in [-0.15, -0.1) is 0 Å². The topological polar surface area (TPSA) is 88.9 Å². The van der Waals surface area contributed by atoms with Crippen molar-refractivity contribution < 1.29 is 9.59 Å². The maximum atomic E-state index is 12.9. The Bertz CT molecular complexity index is 1030. The smallest absolute Gasteiger partial charge is 0.247 e. The minimum atomic E-state index is -0.741. The number of nitrogens with one attached hydrogen (secondary N) is 2. The zero-order chi connectivity index (χ0) is 22.4. The van der Waals surface area contributed by atoms with Gasteiger partial charge in [-0.3, -0.25) is 9.59 Å². The van der Waals surface area contributed by atoms with E-state index in [2.05, 4.69) is 20.7 Å². The first-order valence-electron chi connectivity index (χ1n) is 10.4. The monoisotopic (exact) mass is 419 g/mol. The van der Waals surface area contributed by atoms with Crippen molar-refractivity contribution in [3.8, 4) is 5.82 Å². The number of amides is 2. The summed E-state index contributed by atoms with van der Waals surface area (Å²) in [5, 5.41) is 10.2. The van der Waals surface area contributed by atoms with E-state index in [0.717, 1.165) is 28.3 Å². The van der Waals surface area contributed by atoms with E-state index in [1.807, 2.05) is 76.2 Å². The van der Waals surface area contributed by atoms with E-state index in [9.17, 15) is 9.59 Å². The van der Waals surface area contributed by atoms with Gasteiger partial charge in [0.1, 0.15) is 6.04 Å². The largest absolute Gasteiger partial charge is 0.350 e. The summed E-state index contributed by atoms with van der Waals surface area (Å²) in [6, 6.07) is 14.3. The van der Waals surface area contributed by atoms with E-state index in [1.165, 1.54) is 0 Å². The number of aryl methyl sites for hydroxylation is 2. The van der Waals surface area contributed by atoms with Gasteiger partial charge < -0.3 is 10.6 Å². The zero-order valence-electron chi connectivity index (χ0n) is 18.4. The number of carbonyl (C=O) groups is 2. The number of hydrogen-bond donors (Lipinski definition) is 2. The van der Waals surface area contributed by atoms with Crippen LogP contribution in [-0.2, 0) is 16.1 Å². The van der Waals surface area contributed by atoms with E-state index < -0.39 is 6.04 Å². The standard InChI is InChI=1S/C24H29N5O2/c1-16(2)12-22(30)27-23(20-8-6-5-7-9-20)24(31)26-15-19-10-11-21(25-14-19)29-18(4)13-17(3)28-29/h5-11,13-14,16,23H,12,15H2,1-4H3,(H,26,31)(H,27,30). The minimum Gasteiger partial charge on any atom is -0.350 e. The number of hydrogen-bond acceptors (Lipinski definition) is 4. The minimum absolute atomic E-state index is 0.144. The number of benzene rings is 1. The fraction of sp³-hybridized carbons (Fsp3) is 0.333. The molecule has 0 aliphatic carbocycles. The predicted octanol–water partition coefficient (Wildman–Crippen LogP) is 3.40. The number of pyridine rings is 1. The summed E-state index contributed by atoms with van der Waals surface area (Å²) in [5.41, 5.74) is 3.55. The number of aromatic nitrogens is 3. The van der Waals surface area contributed by atoms with Crippen LogP contribution in [0.3, 0.4) is 0 Å². The molecule has 2 heterocycles. The van der Waals surface area contributed by atoms with E-state index in [1.54, 1.807) is 10.9 Å². The van der Waals surface area contributed by atoms with Gasteiger partial charge in [0.05, 0.1) is 5.69 Å². The van der Waals surface area contributed by atoms with Crippen molar-refractivity contribution in [1.82, 2.24) is 25.4 Å². The maximum absolute atomic E-state index is 12.9. The molecule has 0 aliphatic rings. The van der Waals surface area contributed by atoms with Crippen molar-refractivity contribution in [2.24, 2.45) is 5.92 Å². The summed E-state index contributed by atoms with van der Waals surface area (Å²) < 4.78 is 1.79. The Hall–Kier alpha value is -3.48. The first-order chi connectivity index (χ1) is 14.8. The van der Waals surface area contributed by atoms with E-state index in [4.69, 9.17) is 0 Å². The van der Waals surface area contributed by atoms with Gasteiger partial charge in [-0.1, -0.05) is 50.2 Å². The van der Waals surface area contributed by atoms with Crippen LogP contribution in [0.25, 0.3) is 5.82 Å². The third-order valence-corrected chi connectivity index (χ3v) is 4.80. The molecule has 0 spiro atoms. The number of nitrogens with zero attached hydrogens (tertiary/aromatic N) is 3. The second-order valence-corrected chi connectivity index (χ2v) is 8.09. The SMILES string of the molecule is Cc1cc(C)n(-c2ccc(CNC(=O)C(NC(=O)CC(C)C)c3ccccc3)cn2)n1. The lowest BCUT2D eigenvalue weighted by Crippen LogP contribution is -2.40. The van der Waals surface area contributed by atoms with Crippen LogP contribution in [0.5, 0.6) is 0 Å². The van der Waals surface area contributed by atoms with Gasteiger partial charge in [0, 0.05) is 24.9 Å². The Morgan fingerprint density at radius 3 is 2.39 bits per heavy atom. The average molecular weight is 420 g/mol. The molecule has 1 atom stereocenters. The summed E-state index contributed by atoms with van der Waals surface area (Å²) in [4.78, 5) is 29.7. The first-order valence-corrected chi connectivity index (χ1v) is 10.4. The highest BCUT2D eigenvalue weighted by atomic mass is 16.2. The Labute approximate surface area is 182 Å². The van der Waals surface area contributed by atoms with Gasteiger partial charge in [-0.25, -0.2) is 9.67 Å². The van der Waals surface area contributed by atoms with E-state index in [0.29, 0.717) is 13.0 Å². The van der Waals surface area contributed by atoms with Crippen molar-refractivity contribution in [2.75, 3.05) is 0 Å². The number of rotatable bonds is 8. The molecular weight excluding hydrogens is 390 g/mol. The van der Waals surface area contributed by atoms with E-state index in [-0.39, 0.29) is 17.7 Å². The van der Waals surface area contributed by atoms with Crippen LogP contribution in [0, 0.1) is 19.8 Å². The molecule has 0 fully saturated rings. The van der Waals surface area contributed by atoms with Crippen LogP contribution in [0.4, 0.5) is 0 Å². The molecule has 0 bridgehead atoms. The summed E-state index contributed by atoms with van der Waals surface area (Å²) in [5.74, 6) is 0.538. The second kappa shape index (κ2) is 10.0. The third-order valence-electron chi connectivity index (χ3n) is 4.80. The molecule has 0 saturated carbocycles. The Kier molecular flexibility index (Phi) is 7.18. The van der Waals surface area contributed by atoms with Gasteiger partial charge in [0.15, 0.2) is 5.82 Å². The molecule has 162 valence electrons.